The highest BCUT2D eigenvalue weighted by Gasteiger charge is 2.23. The first-order chi connectivity index (χ1) is 7.70. The lowest BCUT2D eigenvalue weighted by Gasteiger charge is -2.14. The molecule has 0 radical (unpaired) electrons. The zero-order chi connectivity index (χ0) is 11.5. The zero-order valence-corrected chi connectivity index (χ0v) is 8.90. The topological polar surface area (TPSA) is 58.6 Å². The Morgan fingerprint density at radius 2 is 2.06 bits per heavy atom. The molecule has 0 atom stereocenters. The number of anilines is 1. The van der Waals surface area contributed by atoms with Gasteiger partial charge in [0.15, 0.2) is 0 Å². The van der Waals surface area contributed by atoms with Crippen molar-refractivity contribution in [1.29, 1.82) is 0 Å². The molecule has 2 amide bonds. The number of benzene rings is 1. The van der Waals surface area contributed by atoms with Crippen LogP contribution in [0.2, 0.25) is 0 Å². The molecule has 0 saturated heterocycles. The van der Waals surface area contributed by atoms with E-state index in [9.17, 15) is 9.59 Å². The minimum absolute atomic E-state index is 0.241. The largest absolute Gasteiger partial charge is 0.447 e. The third kappa shape index (κ3) is 1.84. The van der Waals surface area contributed by atoms with Gasteiger partial charge < -0.3 is 10.1 Å². The first-order valence-corrected chi connectivity index (χ1v) is 4.98. The lowest BCUT2D eigenvalue weighted by molar-refractivity contribution is 0.0722. The molecule has 0 fully saturated rings. The van der Waals surface area contributed by atoms with Crippen molar-refractivity contribution in [2.45, 2.75) is 0 Å². The molecule has 5 heteroatoms. The lowest BCUT2D eigenvalue weighted by Crippen LogP contribution is -2.33. The van der Waals surface area contributed by atoms with Crippen LogP contribution in [0.5, 0.6) is 0 Å². The molecule has 16 heavy (non-hydrogen) atoms. The summed E-state index contributed by atoms with van der Waals surface area (Å²) in [6.45, 7) is 0.731. The van der Waals surface area contributed by atoms with Gasteiger partial charge in [0.2, 0.25) is 0 Å². The predicted octanol–water partition coefficient (Wildman–Crippen LogP) is 1.32. The second-order valence-electron chi connectivity index (χ2n) is 3.45. The van der Waals surface area contributed by atoms with E-state index < -0.39 is 6.09 Å². The standard InChI is InChI=1S/C11H12N2O3/c1-13-10(14)8-4-2-3-5-9(8)12-6-7-16-11(13)15/h2-5,12H,6-7H2,1H3. The van der Waals surface area contributed by atoms with Gasteiger partial charge in [0.1, 0.15) is 6.61 Å². The Balaban J connectivity index is 2.41. The number of nitrogens with one attached hydrogen (secondary N) is 1. The molecule has 1 N–H and O–H groups in total. The van der Waals surface area contributed by atoms with Crippen LogP contribution in [-0.4, -0.2) is 37.1 Å². The summed E-state index contributed by atoms with van der Waals surface area (Å²) in [5.41, 5.74) is 1.20. The maximum atomic E-state index is 11.9. The Morgan fingerprint density at radius 3 is 2.88 bits per heavy atom. The highest BCUT2D eigenvalue weighted by Crippen LogP contribution is 2.17. The number of fused-ring (bicyclic) bond motifs is 1. The summed E-state index contributed by atoms with van der Waals surface area (Å²) >= 11 is 0. The summed E-state index contributed by atoms with van der Waals surface area (Å²) in [7, 11) is 1.41. The molecule has 2 rings (SSSR count). The monoisotopic (exact) mass is 220 g/mol. The minimum atomic E-state index is -0.622. The number of hydrogen-bond acceptors (Lipinski definition) is 4. The molecule has 84 valence electrons. The molecule has 1 aromatic rings. The van der Waals surface area contributed by atoms with Gasteiger partial charge in [-0.3, -0.25) is 4.79 Å². The molecule has 0 aliphatic carbocycles. The van der Waals surface area contributed by atoms with Crippen LogP contribution in [0.3, 0.4) is 0 Å². The number of hydrogen-bond donors (Lipinski definition) is 1. The molecule has 1 aliphatic heterocycles. The Kier molecular flexibility index (Phi) is 2.76. The van der Waals surface area contributed by atoms with Crippen molar-refractivity contribution in [3.8, 4) is 0 Å². The molecule has 1 aromatic carbocycles. The van der Waals surface area contributed by atoms with Gasteiger partial charge in [-0.1, -0.05) is 12.1 Å². The first-order valence-electron chi connectivity index (χ1n) is 4.98. The highest BCUT2D eigenvalue weighted by atomic mass is 16.6. The average Bonchev–Trinajstić information content (AvgIpc) is 2.36. The van der Waals surface area contributed by atoms with Crippen molar-refractivity contribution in [2.24, 2.45) is 0 Å². The second-order valence-corrected chi connectivity index (χ2v) is 3.45. The van der Waals surface area contributed by atoms with Gasteiger partial charge in [-0.15, -0.1) is 0 Å². The van der Waals surface area contributed by atoms with Crippen LogP contribution < -0.4 is 5.32 Å². The van der Waals surface area contributed by atoms with Crippen LogP contribution >= 0.6 is 0 Å². The Morgan fingerprint density at radius 1 is 1.31 bits per heavy atom. The van der Waals surface area contributed by atoms with Crippen molar-refractivity contribution < 1.29 is 14.3 Å². The van der Waals surface area contributed by atoms with Crippen molar-refractivity contribution in [3.05, 3.63) is 29.8 Å². The zero-order valence-electron chi connectivity index (χ0n) is 8.90. The maximum absolute atomic E-state index is 11.9. The number of imide groups is 1. The van der Waals surface area contributed by atoms with Crippen LogP contribution in [0.25, 0.3) is 0 Å². The molecule has 0 spiro atoms. The van der Waals surface area contributed by atoms with E-state index in [-0.39, 0.29) is 12.5 Å². The van der Waals surface area contributed by atoms with Crippen LogP contribution in [0.15, 0.2) is 24.3 Å². The number of carbonyl (C=O) groups excluding carboxylic acids is 2. The Bertz CT molecular complexity index is 431. The normalized spacial score (nSPS) is 16.4. The van der Waals surface area contributed by atoms with Crippen LogP contribution in [0.4, 0.5) is 10.5 Å². The fourth-order valence-corrected chi connectivity index (χ4v) is 1.51. The van der Waals surface area contributed by atoms with E-state index in [0.717, 1.165) is 10.6 Å². The van der Waals surface area contributed by atoms with Crippen molar-refractivity contribution in [2.75, 3.05) is 25.5 Å². The van der Waals surface area contributed by atoms with E-state index in [0.29, 0.717) is 12.1 Å². The number of rotatable bonds is 0. The highest BCUT2D eigenvalue weighted by molar-refractivity contribution is 6.06. The fraction of sp³-hybridized carbons (Fsp3) is 0.273. The number of carbonyl (C=O) groups is 2. The van der Waals surface area contributed by atoms with E-state index in [1.807, 2.05) is 6.07 Å². The van der Waals surface area contributed by atoms with Gasteiger partial charge in [-0.2, -0.15) is 0 Å². The van der Waals surface area contributed by atoms with E-state index in [2.05, 4.69) is 5.32 Å². The molecule has 0 saturated carbocycles. The maximum Gasteiger partial charge on any atom is 0.416 e. The second kappa shape index (κ2) is 4.22. The smallest absolute Gasteiger partial charge is 0.416 e. The fourth-order valence-electron chi connectivity index (χ4n) is 1.51. The van der Waals surface area contributed by atoms with Gasteiger partial charge in [0.05, 0.1) is 5.56 Å². The van der Waals surface area contributed by atoms with Gasteiger partial charge in [0.25, 0.3) is 5.91 Å². The number of para-hydroxylation sites is 1. The van der Waals surface area contributed by atoms with Crippen molar-refractivity contribution >= 4 is 17.7 Å². The molecule has 1 aliphatic rings. The molecular weight excluding hydrogens is 208 g/mol. The summed E-state index contributed by atoms with van der Waals surface area (Å²) in [5, 5.41) is 3.05. The summed E-state index contributed by atoms with van der Waals surface area (Å²) in [4.78, 5) is 24.3. The Labute approximate surface area is 93.0 Å². The predicted molar refractivity (Wildman–Crippen MR) is 58.4 cm³/mol. The quantitative estimate of drug-likeness (QED) is 0.716. The van der Waals surface area contributed by atoms with Crippen LogP contribution in [0, 0.1) is 0 Å². The molecule has 0 bridgehead atoms. The van der Waals surface area contributed by atoms with E-state index >= 15 is 0 Å². The Hall–Kier alpha value is -2.04. The number of nitrogens with zero attached hydrogens (tertiary/aromatic N) is 1. The number of amides is 2. The van der Waals surface area contributed by atoms with E-state index in [1.54, 1.807) is 18.2 Å². The van der Waals surface area contributed by atoms with Gasteiger partial charge in [-0.05, 0) is 12.1 Å². The van der Waals surface area contributed by atoms with Gasteiger partial charge >= 0.3 is 6.09 Å². The summed E-state index contributed by atoms with van der Waals surface area (Å²) in [6.07, 6.45) is -0.622. The van der Waals surface area contributed by atoms with Crippen LogP contribution in [-0.2, 0) is 4.74 Å². The third-order valence-electron chi connectivity index (χ3n) is 2.38. The number of cyclic esters (lactones) is 1. The van der Waals surface area contributed by atoms with E-state index in [4.69, 9.17) is 4.74 Å². The van der Waals surface area contributed by atoms with Crippen molar-refractivity contribution in [1.82, 2.24) is 4.90 Å². The average molecular weight is 220 g/mol. The molecule has 0 unspecified atom stereocenters. The molecular formula is C11H12N2O3. The number of ether oxygens (including phenoxy) is 1. The molecule has 5 nitrogen and oxygen atoms in total. The molecule has 0 aromatic heterocycles. The summed E-state index contributed by atoms with van der Waals surface area (Å²) < 4.78 is 4.88. The minimum Gasteiger partial charge on any atom is -0.447 e. The SMILES string of the molecule is CN1C(=O)OCCNc2ccccc2C1=O. The van der Waals surface area contributed by atoms with Crippen LogP contribution in [0.1, 0.15) is 10.4 Å². The van der Waals surface area contributed by atoms with Crippen molar-refractivity contribution in [3.63, 3.8) is 0 Å². The molecule has 1 heterocycles. The van der Waals surface area contributed by atoms with E-state index in [1.165, 1.54) is 7.05 Å². The summed E-state index contributed by atoms with van der Waals surface area (Å²) in [5.74, 6) is -0.366. The van der Waals surface area contributed by atoms with Gasteiger partial charge in [-0.25, -0.2) is 9.69 Å². The van der Waals surface area contributed by atoms with Gasteiger partial charge in [0, 0.05) is 19.3 Å². The first kappa shape index (κ1) is 10.5. The lowest BCUT2D eigenvalue weighted by atomic mass is 10.1. The third-order valence-corrected chi connectivity index (χ3v) is 2.38. The summed E-state index contributed by atoms with van der Waals surface area (Å²) in [6, 6.07) is 7.08.